The molecule has 1 nitrogen and oxygen atoms in total. The first kappa shape index (κ1) is 9.86. The maximum absolute atomic E-state index is 2.56. The molecule has 1 aromatic rings. The molecule has 0 radical (unpaired) electrons. The van der Waals surface area contributed by atoms with E-state index in [0.717, 1.165) is 12.0 Å². The Kier molecular flexibility index (Phi) is 2.02. The smallest absolute Gasteiger partial charge is 0.0167 e. The maximum atomic E-state index is 2.56. The number of hydrogen-bond donors (Lipinski definition) is 0. The topological polar surface area (TPSA) is 3.24 Å². The highest BCUT2D eigenvalue weighted by Crippen LogP contribution is 2.49. The molecule has 1 fully saturated rings. The van der Waals surface area contributed by atoms with Crippen LogP contribution in [0.15, 0.2) is 10.8 Å². The fourth-order valence-electron chi connectivity index (χ4n) is 3.53. The van der Waals surface area contributed by atoms with Crippen molar-refractivity contribution in [3.8, 4) is 0 Å². The lowest BCUT2D eigenvalue weighted by molar-refractivity contribution is 0.0513. The summed E-state index contributed by atoms with van der Waals surface area (Å²) in [6.07, 6.45) is 2.59. The van der Waals surface area contributed by atoms with Crippen molar-refractivity contribution < 1.29 is 0 Å². The van der Waals surface area contributed by atoms with Crippen LogP contribution in [0.2, 0.25) is 0 Å². The molecule has 0 saturated carbocycles. The van der Waals surface area contributed by atoms with Crippen LogP contribution in [0.25, 0.3) is 0 Å². The highest BCUT2D eigenvalue weighted by Gasteiger charge is 2.47. The average Bonchev–Trinajstić information content (AvgIpc) is 2.66. The van der Waals surface area contributed by atoms with E-state index < -0.39 is 0 Å². The average molecular weight is 221 g/mol. The highest BCUT2D eigenvalue weighted by molar-refractivity contribution is 7.08. The van der Waals surface area contributed by atoms with Gasteiger partial charge >= 0.3 is 0 Å². The summed E-state index contributed by atoms with van der Waals surface area (Å²) < 4.78 is 0. The molecule has 1 aromatic heterocycles. The third-order valence-corrected chi connectivity index (χ3v) is 5.71. The minimum atomic E-state index is 0.449. The van der Waals surface area contributed by atoms with Gasteiger partial charge in [-0.05, 0) is 59.7 Å². The molecule has 1 saturated heterocycles. The van der Waals surface area contributed by atoms with Gasteiger partial charge in [0.15, 0.2) is 0 Å². The summed E-state index contributed by atoms with van der Waals surface area (Å²) >= 11 is 1.89. The van der Waals surface area contributed by atoms with Crippen molar-refractivity contribution in [3.05, 3.63) is 21.9 Å². The van der Waals surface area contributed by atoms with E-state index >= 15 is 0 Å². The van der Waals surface area contributed by atoms with Crippen molar-refractivity contribution in [1.29, 1.82) is 0 Å². The van der Waals surface area contributed by atoms with Gasteiger partial charge in [0, 0.05) is 6.04 Å². The van der Waals surface area contributed by atoms with Crippen LogP contribution in [0.3, 0.4) is 0 Å². The standard InChI is InChI=1S/C13H19NS/c1-9-12-6-10-7-15-8-11(10)13(9,2)4-5-14(12)3/h7-9,12H,4-6H2,1-3H3/t9-,12?,13-/m1/s1. The quantitative estimate of drug-likeness (QED) is 0.651. The first-order valence-corrected chi connectivity index (χ1v) is 6.83. The molecule has 2 aliphatic rings. The molecule has 3 atom stereocenters. The predicted octanol–water partition coefficient (Wildman–Crippen LogP) is 2.90. The third kappa shape index (κ3) is 1.18. The summed E-state index contributed by atoms with van der Waals surface area (Å²) in [5, 5.41) is 4.76. The van der Waals surface area contributed by atoms with Gasteiger partial charge in [0.05, 0.1) is 0 Å². The van der Waals surface area contributed by atoms with Gasteiger partial charge in [0.1, 0.15) is 0 Å². The second kappa shape index (κ2) is 3.08. The minimum Gasteiger partial charge on any atom is -0.303 e. The van der Waals surface area contributed by atoms with E-state index in [9.17, 15) is 0 Å². The molecule has 1 aliphatic heterocycles. The van der Waals surface area contributed by atoms with Crippen LogP contribution in [0.4, 0.5) is 0 Å². The summed E-state index contributed by atoms with van der Waals surface area (Å²) in [4.78, 5) is 2.56. The summed E-state index contributed by atoms with van der Waals surface area (Å²) in [5.74, 6) is 0.804. The number of fused-ring (bicyclic) bond motifs is 4. The summed E-state index contributed by atoms with van der Waals surface area (Å²) in [5.41, 5.74) is 3.73. The van der Waals surface area contributed by atoms with E-state index in [1.54, 1.807) is 11.1 Å². The fourth-order valence-corrected chi connectivity index (χ4v) is 4.54. The lowest BCUT2D eigenvalue weighted by Crippen LogP contribution is -2.56. The van der Waals surface area contributed by atoms with Crippen molar-refractivity contribution >= 4 is 11.3 Å². The van der Waals surface area contributed by atoms with Crippen molar-refractivity contribution in [2.24, 2.45) is 5.92 Å². The van der Waals surface area contributed by atoms with Crippen molar-refractivity contribution in [3.63, 3.8) is 0 Å². The van der Waals surface area contributed by atoms with Crippen LogP contribution in [-0.2, 0) is 11.8 Å². The molecule has 0 aromatic carbocycles. The zero-order chi connectivity index (χ0) is 10.6. The van der Waals surface area contributed by atoms with Crippen LogP contribution >= 0.6 is 11.3 Å². The largest absolute Gasteiger partial charge is 0.303 e. The van der Waals surface area contributed by atoms with E-state index in [0.29, 0.717) is 5.41 Å². The van der Waals surface area contributed by atoms with Crippen LogP contribution in [0, 0.1) is 5.92 Å². The molecular weight excluding hydrogens is 202 g/mol. The normalized spacial score (nSPS) is 40.2. The van der Waals surface area contributed by atoms with Crippen LogP contribution in [-0.4, -0.2) is 24.5 Å². The third-order valence-electron chi connectivity index (χ3n) is 4.92. The number of rotatable bonds is 0. The van der Waals surface area contributed by atoms with Crippen molar-refractivity contribution in [2.45, 2.75) is 38.1 Å². The summed E-state index contributed by atoms with van der Waals surface area (Å²) in [6, 6.07) is 0.769. The van der Waals surface area contributed by atoms with E-state index in [2.05, 4.69) is 36.6 Å². The molecule has 2 bridgehead atoms. The van der Waals surface area contributed by atoms with Gasteiger partial charge in [-0.25, -0.2) is 0 Å². The molecule has 3 rings (SSSR count). The number of likely N-dealkylation sites (tertiary alicyclic amines) is 1. The first-order valence-electron chi connectivity index (χ1n) is 5.89. The lowest BCUT2D eigenvalue weighted by Gasteiger charge is -2.52. The van der Waals surface area contributed by atoms with E-state index in [-0.39, 0.29) is 0 Å². The van der Waals surface area contributed by atoms with Gasteiger partial charge < -0.3 is 4.90 Å². The summed E-state index contributed by atoms with van der Waals surface area (Å²) in [7, 11) is 2.29. The van der Waals surface area contributed by atoms with Gasteiger partial charge in [-0.2, -0.15) is 11.3 Å². The zero-order valence-corrected chi connectivity index (χ0v) is 10.6. The second-order valence-electron chi connectivity index (χ2n) is 5.52. The Morgan fingerprint density at radius 3 is 3.07 bits per heavy atom. The van der Waals surface area contributed by atoms with Gasteiger partial charge in [-0.1, -0.05) is 13.8 Å². The van der Waals surface area contributed by atoms with E-state index in [1.165, 1.54) is 19.4 Å². The zero-order valence-electron chi connectivity index (χ0n) is 9.79. The van der Waals surface area contributed by atoms with Crippen LogP contribution in [0.5, 0.6) is 0 Å². The number of thiophene rings is 1. The second-order valence-corrected chi connectivity index (χ2v) is 6.26. The van der Waals surface area contributed by atoms with Gasteiger partial charge in [-0.15, -0.1) is 0 Å². The predicted molar refractivity (Wildman–Crippen MR) is 65.6 cm³/mol. The molecule has 0 spiro atoms. The fraction of sp³-hybridized carbons (Fsp3) is 0.692. The Hall–Kier alpha value is -0.340. The molecule has 1 unspecified atom stereocenters. The number of nitrogens with zero attached hydrogens (tertiary/aromatic N) is 1. The number of likely N-dealkylation sites (N-methyl/N-ethyl adjacent to an activating group) is 1. The molecule has 15 heavy (non-hydrogen) atoms. The molecular formula is C13H19NS. The van der Waals surface area contributed by atoms with Crippen LogP contribution < -0.4 is 0 Å². The Balaban J connectivity index is 2.13. The van der Waals surface area contributed by atoms with Gasteiger partial charge in [0.2, 0.25) is 0 Å². The molecule has 2 heteroatoms. The van der Waals surface area contributed by atoms with Gasteiger partial charge in [0.25, 0.3) is 0 Å². The monoisotopic (exact) mass is 221 g/mol. The van der Waals surface area contributed by atoms with Crippen molar-refractivity contribution in [2.75, 3.05) is 13.6 Å². The van der Waals surface area contributed by atoms with Crippen LogP contribution in [0.1, 0.15) is 31.4 Å². The molecule has 2 heterocycles. The molecule has 82 valence electrons. The number of hydrogen-bond acceptors (Lipinski definition) is 2. The molecule has 0 N–H and O–H groups in total. The van der Waals surface area contributed by atoms with E-state index in [4.69, 9.17) is 0 Å². The van der Waals surface area contributed by atoms with Crippen molar-refractivity contribution in [1.82, 2.24) is 4.90 Å². The maximum Gasteiger partial charge on any atom is 0.0167 e. The SMILES string of the molecule is C[C@@H]1C2Cc3cscc3[C@]1(C)CCN2C. The molecule has 0 amide bonds. The Bertz CT molecular complexity index is 384. The summed E-state index contributed by atoms with van der Waals surface area (Å²) in [6.45, 7) is 6.18. The Morgan fingerprint density at radius 2 is 2.27 bits per heavy atom. The highest BCUT2D eigenvalue weighted by atomic mass is 32.1. The Morgan fingerprint density at radius 1 is 1.47 bits per heavy atom. The minimum absolute atomic E-state index is 0.449. The Labute approximate surface area is 96.1 Å². The van der Waals surface area contributed by atoms with Gasteiger partial charge in [-0.3, -0.25) is 0 Å². The lowest BCUT2D eigenvalue weighted by atomic mass is 9.60. The number of piperidine rings is 1. The molecule has 1 aliphatic carbocycles. The van der Waals surface area contributed by atoms with E-state index in [1.807, 2.05) is 11.3 Å². The first-order chi connectivity index (χ1) is 7.13.